The second-order valence-corrected chi connectivity index (χ2v) is 20.2. The summed E-state index contributed by atoms with van der Waals surface area (Å²) >= 11 is 20.8. The van der Waals surface area contributed by atoms with Crippen LogP contribution in [-0.4, -0.2) is 132 Å². The van der Waals surface area contributed by atoms with Gasteiger partial charge in [-0.1, -0.05) is 108 Å². The standard InChI is InChI=1S/C17H17ClN4O.C13H17BO3.C13H8ClN3O.C6H3BrClN3.C4H9NO/c18-16-5-6-17-19-11-15(22(17)20-16)14-3-1-13(2-4-14)12-21-7-9-23-10-8-21;1-12(2)13(3,4)17-14(16-12)11-7-5-10(9-15)6-8-11;14-12-5-6-13-15-7-11(17(13)16-12)10-3-1-9(8-18)2-4-10;7-4-3-9-6-2-1-5(8)10-11(4)6;1-3-6-4-2-5-1/h1-6,11H,7-10,12H2;5-9H,1-4H3;1-8H;1-3H;5H,1-4H2. The second-order valence-electron chi connectivity index (χ2n) is 18.2. The summed E-state index contributed by atoms with van der Waals surface area (Å²) in [4.78, 5) is 36.3. The molecule has 0 saturated carbocycles. The quantitative estimate of drug-likeness (QED) is 0.118. The summed E-state index contributed by atoms with van der Waals surface area (Å²) in [7, 11) is -0.360. The fourth-order valence-corrected chi connectivity index (χ4v) is 8.46. The Morgan fingerprint density at radius 3 is 1.45 bits per heavy atom. The van der Waals surface area contributed by atoms with Crippen molar-refractivity contribution in [3.63, 3.8) is 0 Å². The number of hydrogen-bond donors (Lipinski definition) is 1. The van der Waals surface area contributed by atoms with Crippen LogP contribution in [0.4, 0.5) is 0 Å². The summed E-state index contributed by atoms with van der Waals surface area (Å²) in [6.07, 6.45) is 6.88. The Hall–Kier alpha value is -5.97. The van der Waals surface area contributed by atoms with Crippen LogP contribution in [0.5, 0.6) is 0 Å². The molecule has 3 fully saturated rings. The topological polar surface area (TPSA) is 177 Å². The van der Waals surface area contributed by atoms with Crippen molar-refractivity contribution in [2.24, 2.45) is 0 Å². The molecule has 0 spiro atoms. The van der Waals surface area contributed by atoms with Crippen molar-refractivity contribution >= 4 is 92.8 Å². The van der Waals surface area contributed by atoms with Gasteiger partial charge in [-0.05, 0) is 91.0 Å². The molecule has 0 amide bonds. The van der Waals surface area contributed by atoms with Crippen molar-refractivity contribution < 1.29 is 28.4 Å². The summed E-state index contributed by atoms with van der Waals surface area (Å²) in [5.74, 6) is 0. The first-order chi connectivity index (χ1) is 36.2. The van der Waals surface area contributed by atoms with Crippen LogP contribution in [0.1, 0.15) is 54.0 Å². The van der Waals surface area contributed by atoms with Gasteiger partial charge in [0.15, 0.2) is 16.9 Å². The molecule has 0 unspecified atom stereocenters. The van der Waals surface area contributed by atoms with E-state index in [0.717, 1.165) is 121 Å². The molecule has 0 radical (unpaired) electrons. The van der Waals surface area contributed by atoms with E-state index in [1.165, 1.54) is 5.56 Å². The number of aromatic nitrogens is 9. The van der Waals surface area contributed by atoms with E-state index in [1.807, 2.05) is 64.2 Å². The normalized spacial score (nSPS) is 15.9. The van der Waals surface area contributed by atoms with Gasteiger partial charge in [-0.2, -0.15) is 15.3 Å². The molecule has 3 saturated heterocycles. The van der Waals surface area contributed by atoms with Crippen LogP contribution in [0.25, 0.3) is 39.5 Å². The van der Waals surface area contributed by atoms with E-state index in [1.54, 1.807) is 80.5 Å². The van der Waals surface area contributed by atoms with E-state index in [4.69, 9.17) is 53.6 Å². The molecule has 17 nitrogen and oxygen atoms in total. The molecule has 9 heterocycles. The van der Waals surface area contributed by atoms with Crippen molar-refractivity contribution in [1.29, 1.82) is 0 Å². The highest BCUT2D eigenvalue weighted by Crippen LogP contribution is 2.36. The van der Waals surface area contributed by atoms with Crippen LogP contribution in [0.3, 0.4) is 0 Å². The van der Waals surface area contributed by atoms with E-state index in [-0.39, 0.29) is 18.3 Å². The van der Waals surface area contributed by atoms with Crippen LogP contribution >= 0.6 is 50.7 Å². The van der Waals surface area contributed by atoms with Crippen LogP contribution in [-0.2, 0) is 25.3 Å². The molecule has 75 heavy (non-hydrogen) atoms. The zero-order valence-corrected chi connectivity index (χ0v) is 45.5. The van der Waals surface area contributed by atoms with E-state index in [9.17, 15) is 9.59 Å². The highest BCUT2D eigenvalue weighted by atomic mass is 79.9. The third-order valence-electron chi connectivity index (χ3n) is 12.5. The Bertz CT molecular complexity index is 3290. The predicted octanol–water partition coefficient (Wildman–Crippen LogP) is 9.29. The number of nitrogens with one attached hydrogen (secondary N) is 1. The van der Waals surface area contributed by atoms with E-state index >= 15 is 0 Å². The van der Waals surface area contributed by atoms with E-state index in [2.05, 4.69) is 80.7 Å². The molecular formula is C53H54BBrCl3N11O6. The SMILES string of the molecule is C1COCCN1.CC1(C)OB(c2ccc(C=O)cc2)OC1(C)C.Clc1ccc2ncc(-c3ccc(CN4CCOCC4)cc3)n2n1.Clc1ccc2ncc(Br)n2n1.O=Cc1ccc(-c2cnc3ccc(Cl)nn23)cc1. The van der Waals surface area contributed by atoms with Gasteiger partial charge in [-0.25, -0.2) is 28.5 Å². The number of halogens is 4. The molecule has 0 bridgehead atoms. The number of carbonyl (C=O) groups excluding carboxylic acids is 2. The monoisotopic (exact) mass is 1140 g/mol. The zero-order valence-electron chi connectivity index (χ0n) is 41.7. The summed E-state index contributed by atoms with van der Waals surface area (Å²) in [6, 6.07) is 33.7. The number of morpholine rings is 2. The highest BCUT2D eigenvalue weighted by molar-refractivity contribution is 9.10. The van der Waals surface area contributed by atoms with Crippen LogP contribution < -0.4 is 10.8 Å². The minimum absolute atomic E-state index is 0.332. The van der Waals surface area contributed by atoms with Crippen LogP contribution in [0, 0.1) is 0 Å². The number of fused-ring (bicyclic) bond motifs is 3. The van der Waals surface area contributed by atoms with Gasteiger partial charge < -0.3 is 24.1 Å². The number of benzene rings is 3. The first kappa shape index (κ1) is 55.3. The van der Waals surface area contributed by atoms with Gasteiger partial charge in [-0.15, -0.1) is 0 Å². The Balaban J connectivity index is 0.000000131. The lowest BCUT2D eigenvalue weighted by Crippen LogP contribution is -2.41. The maximum Gasteiger partial charge on any atom is 0.494 e. The summed E-state index contributed by atoms with van der Waals surface area (Å²) < 4.78 is 28.1. The van der Waals surface area contributed by atoms with Gasteiger partial charge in [0.25, 0.3) is 0 Å². The number of nitrogens with zero attached hydrogens (tertiary/aromatic N) is 10. The molecule has 12 rings (SSSR count). The molecule has 388 valence electrons. The number of rotatable bonds is 7. The van der Waals surface area contributed by atoms with Crippen molar-refractivity contribution in [2.75, 3.05) is 52.6 Å². The lowest BCUT2D eigenvalue weighted by molar-refractivity contribution is 0.00578. The zero-order chi connectivity index (χ0) is 53.0. The van der Waals surface area contributed by atoms with Gasteiger partial charge in [0.2, 0.25) is 0 Å². The van der Waals surface area contributed by atoms with E-state index < -0.39 is 0 Å². The Labute approximate surface area is 457 Å². The number of hydrogen-bond acceptors (Lipinski definition) is 14. The lowest BCUT2D eigenvalue weighted by Gasteiger charge is -2.32. The van der Waals surface area contributed by atoms with Crippen LogP contribution in [0.2, 0.25) is 15.5 Å². The molecule has 0 atom stereocenters. The molecule has 6 aromatic heterocycles. The third kappa shape index (κ3) is 14.5. The predicted molar refractivity (Wildman–Crippen MR) is 295 cm³/mol. The first-order valence-electron chi connectivity index (χ1n) is 24.0. The minimum atomic E-state index is -0.360. The molecule has 22 heteroatoms. The van der Waals surface area contributed by atoms with E-state index in [0.29, 0.717) is 26.6 Å². The van der Waals surface area contributed by atoms with Crippen molar-refractivity contribution in [1.82, 2.24) is 54.0 Å². The van der Waals surface area contributed by atoms with Gasteiger partial charge in [-0.3, -0.25) is 14.5 Å². The molecule has 0 aliphatic carbocycles. The summed E-state index contributed by atoms with van der Waals surface area (Å²) in [6.45, 7) is 16.5. The smallest absolute Gasteiger partial charge is 0.399 e. The lowest BCUT2D eigenvalue weighted by atomic mass is 9.79. The average molecular weight is 1140 g/mol. The summed E-state index contributed by atoms with van der Waals surface area (Å²) in [5.41, 5.74) is 8.97. The Morgan fingerprint density at radius 2 is 1.00 bits per heavy atom. The minimum Gasteiger partial charge on any atom is -0.399 e. The number of aldehydes is 2. The molecular weight excluding hydrogens is 1080 g/mol. The first-order valence-corrected chi connectivity index (χ1v) is 25.9. The largest absolute Gasteiger partial charge is 0.494 e. The van der Waals surface area contributed by atoms with Crippen molar-refractivity contribution in [3.8, 4) is 22.5 Å². The molecule has 3 aliphatic rings. The fourth-order valence-electron chi connectivity index (χ4n) is 7.68. The Morgan fingerprint density at radius 1 is 0.573 bits per heavy atom. The highest BCUT2D eigenvalue weighted by Gasteiger charge is 2.51. The third-order valence-corrected chi connectivity index (χ3v) is 13.6. The molecule has 3 aromatic carbocycles. The fraction of sp³-hybridized carbons (Fsp3) is 0.283. The maximum atomic E-state index is 10.6. The molecule has 9 aromatic rings. The number of carbonyl (C=O) groups is 2. The van der Waals surface area contributed by atoms with Crippen molar-refractivity contribution in [2.45, 2.75) is 45.4 Å². The number of ether oxygens (including phenoxy) is 2. The second kappa shape index (κ2) is 25.7. The average Bonchev–Trinajstić information content (AvgIpc) is 4.20. The van der Waals surface area contributed by atoms with Crippen molar-refractivity contribution in [3.05, 3.63) is 165 Å². The van der Waals surface area contributed by atoms with Gasteiger partial charge in [0.1, 0.15) is 32.6 Å². The number of imidazole rings is 3. The molecule has 3 aliphatic heterocycles. The molecule has 1 N–H and O–H groups in total. The van der Waals surface area contributed by atoms with Gasteiger partial charge >= 0.3 is 7.12 Å². The Kier molecular flexibility index (Phi) is 19.0. The van der Waals surface area contributed by atoms with Crippen LogP contribution in [0.15, 0.2) is 132 Å². The van der Waals surface area contributed by atoms with Gasteiger partial charge in [0, 0.05) is 55.0 Å². The summed E-state index contributed by atoms with van der Waals surface area (Å²) in [5, 5.41) is 17.0. The van der Waals surface area contributed by atoms with Gasteiger partial charge in [0.05, 0.1) is 67.6 Å². The maximum absolute atomic E-state index is 10.6.